The van der Waals surface area contributed by atoms with Crippen molar-refractivity contribution in [2.45, 2.75) is 6.61 Å². The van der Waals surface area contributed by atoms with Crippen molar-refractivity contribution in [1.29, 1.82) is 0 Å². The largest absolute Gasteiger partial charge is 0.486 e. The molecule has 0 spiro atoms. The predicted molar refractivity (Wildman–Crippen MR) is 154 cm³/mol. The van der Waals surface area contributed by atoms with Crippen LogP contribution in [0.25, 0.3) is 22.2 Å². The lowest BCUT2D eigenvalue weighted by Crippen LogP contribution is -2.18. The molecule has 0 aliphatic carbocycles. The van der Waals surface area contributed by atoms with Crippen molar-refractivity contribution < 1.29 is 9.53 Å². The standard InChI is InChI=1S/C30H20Cl3N3O2/c31-22-12-10-19(11-13-22)18-38-29-25(32)14-20(15-26(29)33)17-34-36-30(37)24-16-28(21-6-2-1-3-7-21)35-27-9-5-4-8-23(24)27/h1-17H,18H2,(H,36,37)/b34-17+. The van der Waals surface area contributed by atoms with Gasteiger partial charge < -0.3 is 4.74 Å². The maximum absolute atomic E-state index is 13.1. The molecule has 0 unspecified atom stereocenters. The lowest BCUT2D eigenvalue weighted by molar-refractivity contribution is 0.0956. The smallest absolute Gasteiger partial charge is 0.272 e. The van der Waals surface area contributed by atoms with Crippen LogP contribution in [0.4, 0.5) is 0 Å². The zero-order valence-electron chi connectivity index (χ0n) is 19.9. The number of pyridine rings is 1. The van der Waals surface area contributed by atoms with Gasteiger partial charge in [-0.1, -0.05) is 95.5 Å². The summed E-state index contributed by atoms with van der Waals surface area (Å²) < 4.78 is 5.81. The van der Waals surface area contributed by atoms with E-state index in [-0.39, 0.29) is 12.5 Å². The van der Waals surface area contributed by atoms with E-state index in [0.717, 1.165) is 22.0 Å². The van der Waals surface area contributed by atoms with Crippen LogP contribution < -0.4 is 10.2 Å². The number of aromatic nitrogens is 1. The van der Waals surface area contributed by atoms with Crippen LogP contribution >= 0.6 is 34.8 Å². The van der Waals surface area contributed by atoms with Crippen molar-refractivity contribution in [3.8, 4) is 17.0 Å². The van der Waals surface area contributed by atoms with Gasteiger partial charge in [0.1, 0.15) is 6.61 Å². The quantitative estimate of drug-likeness (QED) is 0.161. The Bertz CT molecular complexity index is 1620. The van der Waals surface area contributed by atoms with Gasteiger partial charge in [-0.3, -0.25) is 4.79 Å². The minimum atomic E-state index is -0.364. The number of hydrogen-bond acceptors (Lipinski definition) is 4. The Morgan fingerprint density at radius 2 is 1.55 bits per heavy atom. The summed E-state index contributed by atoms with van der Waals surface area (Å²) in [4.78, 5) is 17.8. The first-order valence-electron chi connectivity index (χ1n) is 11.6. The third-order valence-corrected chi connectivity index (χ3v) is 6.54. The van der Waals surface area contributed by atoms with E-state index in [0.29, 0.717) is 37.6 Å². The molecular weight excluding hydrogens is 541 g/mol. The highest BCUT2D eigenvalue weighted by molar-refractivity contribution is 6.37. The van der Waals surface area contributed by atoms with Crippen LogP contribution in [0.1, 0.15) is 21.5 Å². The maximum Gasteiger partial charge on any atom is 0.272 e. The number of carbonyl (C=O) groups is 1. The van der Waals surface area contributed by atoms with Crippen LogP contribution in [0.3, 0.4) is 0 Å². The summed E-state index contributed by atoms with van der Waals surface area (Å²) in [5.41, 5.74) is 6.92. The van der Waals surface area contributed by atoms with E-state index < -0.39 is 0 Å². The van der Waals surface area contributed by atoms with Gasteiger partial charge in [0, 0.05) is 16.0 Å². The first-order chi connectivity index (χ1) is 18.5. The number of amides is 1. The van der Waals surface area contributed by atoms with E-state index in [1.807, 2.05) is 66.7 Å². The Balaban J connectivity index is 1.32. The van der Waals surface area contributed by atoms with Gasteiger partial charge in [0.05, 0.1) is 33.0 Å². The number of rotatable bonds is 7. The number of nitrogens with zero attached hydrogens (tertiary/aromatic N) is 2. The molecule has 0 saturated heterocycles. The van der Waals surface area contributed by atoms with Gasteiger partial charge in [0.25, 0.3) is 5.91 Å². The number of halogens is 3. The molecule has 5 aromatic rings. The molecule has 0 fully saturated rings. The normalized spacial score (nSPS) is 11.1. The molecule has 0 aliphatic heterocycles. The van der Waals surface area contributed by atoms with Crippen molar-refractivity contribution >= 4 is 57.8 Å². The molecule has 0 atom stereocenters. The van der Waals surface area contributed by atoms with E-state index in [4.69, 9.17) is 44.5 Å². The molecule has 0 aliphatic rings. The van der Waals surface area contributed by atoms with E-state index >= 15 is 0 Å². The summed E-state index contributed by atoms with van der Waals surface area (Å²) in [6.45, 7) is 0.283. The summed E-state index contributed by atoms with van der Waals surface area (Å²) in [7, 11) is 0. The third kappa shape index (κ3) is 5.97. The van der Waals surface area contributed by atoms with Gasteiger partial charge in [0.2, 0.25) is 0 Å². The molecule has 0 bridgehead atoms. The van der Waals surface area contributed by atoms with E-state index in [1.165, 1.54) is 6.21 Å². The Labute approximate surface area is 234 Å². The first kappa shape index (κ1) is 25.7. The molecular formula is C30H20Cl3N3O2. The van der Waals surface area contributed by atoms with Gasteiger partial charge in [-0.2, -0.15) is 5.10 Å². The fourth-order valence-electron chi connectivity index (χ4n) is 3.87. The fraction of sp³-hybridized carbons (Fsp3) is 0.0333. The van der Waals surface area contributed by atoms with Gasteiger partial charge in [-0.15, -0.1) is 0 Å². The second kappa shape index (κ2) is 11.7. The number of ether oxygens (including phenoxy) is 1. The molecule has 5 nitrogen and oxygen atoms in total. The Kier molecular flexibility index (Phi) is 7.89. The van der Waals surface area contributed by atoms with E-state index in [2.05, 4.69) is 10.5 Å². The molecule has 5 rings (SSSR count). The molecule has 4 aromatic carbocycles. The van der Waals surface area contributed by atoms with Crippen LogP contribution in [0.5, 0.6) is 5.75 Å². The summed E-state index contributed by atoms with van der Waals surface area (Å²) in [6, 6.07) is 29.6. The third-order valence-electron chi connectivity index (χ3n) is 5.73. The molecule has 0 radical (unpaired) electrons. The highest BCUT2D eigenvalue weighted by Crippen LogP contribution is 2.34. The van der Waals surface area contributed by atoms with E-state index in [9.17, 15) is 4.79 Å². The zero-order chi connectivity index (χ0) is 26.5. The summed E-state index contributed by atoms with van der Waals surface area (Å²) in [6.07, 6.45) is 1.47. The molecule has 1 N–H and O–H groups in total. The Morgan fingerprint density at radius 3 is 2.29 bits per heavy atom. The van der Waals surface area contributed by atoms with Gasteiger partial charge >= 0.3 is 0 Å². The van der Waals surface area contributed by atoms with Gasteiger partial charge in [0.15, 0.2) is 5.75 Å². The number of nitrogens with one attached hydrogen (secondary N) is 1. The van der Waals surface area contributed by atoms with Crippen molar-refractivity contribution in [1.82, 2.24) is 10.4 Å². The molecule has 8 heteroatoms. The molecule has 1 amide bonds. The average Bonchev–Trinajstić information content (AvgIpc) is 2.93. The number of benzene rings is 4. The molecule has 0 saturated carbocycles. The second-order valence-corrected chi connectivity index (χ2v) is 9.62. The van der Waals surface area contributed by atoms with Crippen LogP contribution in [0.15, 0.2) is 102 Å². The summed E-state index contributed by atoms with van der Waals surface area (Å²) in [5.74, 6) is -0.00157. The number of hydrazone groups is 1. The summed E-state index contributed by atoms with van der Waals surface area (Å²) in [5, 5.41) is 6.15. The highest BCUT2D eigenvalue weighted by Gasteiger charge is 2.14. The number of hydrogen-bond donors (Lipinski definition) is 1. The van der Waals surface area contributed by atoms with Crippen LogP contribution in [-0.2, 0) is 6.61 Å². The second-order valence-electron chi connectivity index (χ2n) is 8.37. The van der Waals surface area contributed by atoms with Gasteiger partial charge in [-0.25, -0.2) is 10.4 Å². The first-order valence-corrected chi connectivity index (χ1v) is 12.8. The Hall–Kier alpha value is -3.90. The lowest BCUT2D eigenvalue weighted by atomic mass is 10.0. The van der Waals surface area contributed by atoms with Crippen molar-refractivity contribution in [2.24, 2.45) is 5.10 Å². The maximum atomic E-state index is 13.1. The highest BCUT2D eigenvalue weighted by atomic mass is 35.5. The average molecular weight is 561 g/mol. The molecule has 188 valence electrons. The molecule has 38 heavy (non-hydrogen) atoms. The van der Waals surface area contributed by atoms with Crippen LogP contribution in [0, 0.1) is 0 Å². The van der Waals surface area contributed by atoms with Crippen LogP contribution in [-0.4, -0.2) is 17.1 Å². The minimum absolute atomic E-state index is 0.283. The number of fused-ring (bicyclic) bond motifs is 1. The predicted octanol–water partition coefficient (Wildman–Crippen LogP) is 8.20. The summed E-state index contributed by atoms with van der Waals surface area (Å²) >= 11 is 18.8. The molecule has 1 heterocycles. The van der Waals surface area contributed by atoms with Gasteiger partial charge in [-0.05, 0) is 47.5 Å². The lowest BCUT2D eigenvalue weighted by Gasteiger charge is -2.11. The van der Waals surface area contributed by atoms with Crippen molar-refractivity contribution in [3.05, 3.63) is 129 Å². The van der Waals surface area contributed by atoms with E-state index in [1.54, 1.807) is 30.3 Å². The number of carbonyl (C=O) groups excluding carboxylic acids is 1. The monoisotopic (exact) mass is 559 g/mol. The van der Waals surface area contributed by atoms with Crippen molar-refractivity contribution in [2.75, 3.05) is 0 Å². The Morgan fingerprint density at radius 1 is 0.868 bits per heavy atom. The zero-order valence-corrected chi connectivity index (χ0v) is 22.1. The SMILES string of the molecule is O=C(N/N=C/c1cc(Cl)c(OCc2ccc(Cl)cc2)c(Cl)c1)c1cc(-c2ccccc2)nc2ccccc12. The van der Waals surface area contributed by atoms with Crippen molar-refractivity contribution in [3.63, 3.8) is 0 Å². The van der Waals surface area contributed by atoms with Crippen LogP contribution in [0.2, 0.25) is 15.1 Å². The number of para-hydroxylation sites is 1. The fourth-order valence-corrected chi connectivity index (χ4v) is 4.61. The topological polar surface area (TPSA) is 63.6 Å². The minimum Gasteiger partial charge on any atom is -0.486 e. The molecule has 1 aromatic heterocycles.